The Balaban J connectivity index is 1.60. The Morgan fingerprint density at radius 3 is 1.59 bits per heavy atom. The molecule has 0 aliphatic heterocycles. The predicted octanol–water partition coefficient (Wildman–Crippen LogP) is 5.79. The van der Waals surface area contributed by atoms with Gasteiger partial charge in [-0.1, -0.05) is 54.1 Å². The summed E-state index contributed by atoms with van der Waals surface area (Å²) >= 11 is 0. The molecule has 0 saturated carbocycles. The van der Waals surface area contributed by atoms with Crippen LogP contribution in [0.1, 0.15) is 43.0 Å². The second-order valence-electron chi connectivity index (χ2n) is 8.40. The molecule has 0 saturated heterocycles. The van der Waals surface area contributed by atoms with Crippen molar-refractivity contribution in [3.63, 3.8) is 0 Å². The van der Waals surface area contributed by atoms with Gasteiger partial charge in [-0.3, -0.25) is 9.59 Å². The summed E-state index contributed by atoms with van der Waals surface area (Å²) in [6, 6.07) is 26.2. The molecule has 0 radical (unpaired) electrons. The molecule has 3 N–H and O–H groups in total. The second-order valence-corrected chi connectivity index (χ2v) is 8.40. The van der Waals surface area contributed by atoms with E-state index in [1.165, 1.54) is 0 Å². The summed E-state index contributed by atoms with van der Waals surface area (Å²) in [5, 5.41) is 15.8. The highest BCUT2D eigenvalue weighted by Gasteiger charge is 2.34. The number of ketones is 2. The molecule has 4 aromatic rings. The van der Waals surface area contributed by atoms with E-state index in [-0.39, 0.29) is 18.2 Å². The van der Waals surface area contributed by atoms with Crippen molar-refractivity contribution in [3.05, 3.63) is 118 Å². The van der Waals surface area contributed by atoms with E-state index in [4.69, 9.17) is 5.11 Å². The number of carbonyl (C=O) groups excluding carboxylic acids is 2. The third-order valence-electron chi connectivity index (χ3n) is 6.04. The Morgan fingerprint density at radius 1 is 0.647 bits per heavy atom. The summed E-state index contributed by atoms with van der Waals surface area (Å²) in [7, 11) is 0. The number of fused-ring (bicyclic) bond motifs is 2. The fraction of sp³-hybridized carbons (Fsp3) is 0.103. The van der Waals surface area contributed by atoms with Crippen LogP contribution in [-0.4, -0.2) is 23.3 Å². The zero-order valence-corrected chi connectivity index (χ0v) is 18.8. The summed E-state index contributed by atoms with van der Waals surface area (Å²) in [5.41, 5.74) is 6.51. The van der Waals surface area contributed by atoms with Gasteiger partial charge in [-0.15, -0.1) is 0 Å². The van der Waals surface area contributed by atoms with E-state index in [9.17, 15) is 9.59 Å². The summed E-state index contributed by atoms with van der Waals surface area (Å²) in [5.74, 6) is -0.362. The first-order valence-electron chi connectivity index (χ1n) is 11.2. The molecule has 5 nitrogen and oxygen atoms in total. The van der Waals surface area contributed by atoms with Crippen LogP contribution in [0.25, 0.3) is 0 Å². The molecule has 0 unspecified atom stereocenters. The lowest BCUT2D eigenvalue weighted by Gasteiger charge is -2.24. The maximum Gasteiger partial charge on any atom is 0.196 e. The first kappa shape index (κ1) is 21.6. The number of aliphatic hydroxyl groups is 1. The molecule has 0 aromatic heterocycles. The number of benzene rings is 4. The van der Waals surface area contributed by atoms with E-state index in [0.717, 1.165) is 22.5 Å². The van der Waals surface area contributed by atoms with Gasteiger partial charge in [0.1, 0.15) is 0 Å². The van der Waals surface area contributed by atoms with E-state index < -0.39 is 0 Å². The van der Waals surface area contributed by atoms with E-state index >= 15 is 0 Å². The summed E-state index contributed by atoms with van der Waals surface area (Å²) < 4.78 is 0. The minimum Gasteiger partial charge on any atom is -0.396 e. The van der Waals surface area contributed by atoms with Gasteiger partial charge < -0.3 is 15.7 Å². The van der Waals surface area contributed by atoms with Crippen LogP contribution in [-0.2, 0) is 6.42 Å². The summed E-state index contributed by atoms with van der Waals surface area (Å²) in [4.78, 5) is 27.2. The average Bonchev–Trinajstić information content (AvgIpc) is 2.86. The number of aryl methyl sites for hydroxylation is 1. The lowest BCUT2D eigenvalue weighted by atomic mass is 9.82. The third-order valence-corrected chi connectivity index (χ3v) is 6.04. The van der Waals surface area contributed by atoms with E-state index in [2.05, 4.69) is 10.6 Å². The number of anilines is 4. The quantitative estimate of drug-likeness (QED) is 0.306. The molecule has 1 aliphatic carbocycles. The van der Waals surface area contributed by atoms with Gasteiger partial charge in [0.2, 0.25) is 0 Å². The lowest BCUT2D eigenvalue weighted by Crippen LogP contribution is -2.23. The van der Waals surface area contributed by atoms with E-state index in [1.807, 2.05) is 67.6 Å². The smallest absolute Gasteiger partial charge is 0.196 e. The van der Waals surface area contributed by atoms with Crippen molar-refractivity contribution < 1.29 is 14.7 Å². The molecular formula is C29H24N2O3. The molecule has 0 fully saturated rings. The summed E-state index contributed by atoms with van der Waals surface area (Å²) in [6.07, 6.45) is 0.582. The monoisotopic (exact) mass is 448 g/mol. The van der Waals surface area contributed by atoms with Crippen molar-refractivity contribution in [2.45, 2.75) is 13.3 Å². The molecule has 1 aliphatic rings. The van der Waals surface area contributed by atoms with Crippen molar-refractivity contribution in [2.75, 3.05) is 17.2 Å². The number of hydrogen-bond donors (Lipinski definition) is 3. The zero-order valence-electron chi connectivity index (χ0n) is 18.8. The van der Waals surface area contributed by atoms with Crippen LogP contribution in [0, 0.1) is 6.92 Å². The Bertz CT molecular complexity index is 1390. The second kappa shape index (κ2) is 8.96. The average molecular weight is 449 g/mol. The number of rotatable bonds is 6. The van der Waals surface area contributed by atoms with E-state index in [1.54, 1.807) is 24.3 Å². The SMILES string of the molecule is Cc1ccc(Nc2ccc(Nc3ccc(CCO)cc3)c3c2C(=O)c2ccccc2C3=O)cc1. The minimum atomic E-state index is -0.183. The molecule has 5 rings (SSSR count). The van der Waals surface area contributed by atoms with Crippen LogP contribution in [0.4, 0.5) is 22.7 Å². The van der Waals surface area contributed by atoms with Crippen LogP contribution in [0.2, 0.25) is 0 Å². The molecule has 0 heterocycles. The number of aliphatic hydroxyl groups excluding tert-OH is 1. The van der Waals surface area contributed by atoms with Crippen LogP contribution < -0.4 is 10.6 Å². The van der Waals surface area contributed by atoms with Crippen LogP contribution in [0.15, 0.2) is 84.9 Å². The van der Waals surface area contributed by atoms with E-state index in [0.29, 0.717) is 40.0 Å². The Kier molecular flexibility index (Phi) is 5.70. The topological polar surface area (TPSA) is 78.4 Å². The molecule has 0 spiro atoms. The number of nitrogens with one attached hydrogen (secondary N) is 2. The van der Waals surface area contributed by atoms with Crippen molar-refractivity contribution in [1.29, 1.82) is 0 Å². The molecule has 0 atom stereocenters. The van der Waals surface area contributed by atoms with Gasteiger partial charge in [-0.05, 0) is 55.3 Å². The first-order chi connectivity index (χ1) is 16.5. The highest BCUT2D eigenvalue weighted by Crippen LogP contribution is 2.38. The fourth-order valence-electron chi connectivity index (χ4n) is 4.26. The van der Waals surface area contributed by atoms with Gasteiger partial charge in [0.05, 0.1) is 22.5 Å². The van der Waals surface area contributed by atoms with Crippen LogP contribution >= 0.6 is 0 Å². The predicted molar refractivity (Wildman–Crippen MR) is 135 cm³/mol. The van der Waals surface area contributed by atoms with Gasteiger partial charge in [0, 0.05) is 29.1 Å². The molecule has 0 bridgehead atoms. The largest absolute Gasteiger partial charge is 0.396 e. The van der Waals surface area contributed by atoms with Crippen molar-refractivity contribution in [3.8, 4) is 0 Å². The molecular weight excluding hydrogens is 424 g/mol. The molecule has 5 heteroatoms. The van der Waals surface area contributed by atoms with Gasteiger partial charge in [-0.2, -0.15) is 0 Å². The maximum absolute atomic E-state index is 13.6. The molecule has 4 aromatic carbocycles. The van der Waals surface area contributed by atoms with Crippen molar-refractivity contribution >= 4 is 34.3 Å². The Labute approximate surface area is 198 Å². The normalized spacial score (nSPS) is 12.2. The molecule has 168 valence electrons. The lowest BCUT2D eigenvalue weighted by molar-refractivity contribution is 0.0980. The third kappa shape index (κ3) is 3.98. The number of carbonyl (C=O) groups is 2. The highest BCUT2D eigenvalue weighted by atomic mass is 16.3. The summed E-state index contributed by atoms with van der Waals surface area (Å²) in [6.45, 7) is 2.10. The minimum absolute atomic E-state index is 0.0890. The maximum atomic E-state index is 13.6. The number of hydrogen-bond acceptors (Lipinski definition) is 5. The molecule has 0 amide bonds. The van der Waals surface area contributed by atoms with Crippen LogP contribution in [0.5, 0.6) is 0 Å². The van der Waals surface area contributed by atoms with Crippen molar-refractivity contribution in [1.82, 2.24) is 0 Å². The van der Waals surface area contributed by atoms with Crippen LogP contribution in [0.3, 0.4) is 0 Å². The van der Waals surface area contributed by atoms with Gasteiger partial charge in [0.25, 0.3) is 0 Å². The van der Waals surface area contributed by atoms with Gasteiger partial charge in [0.15, 0.2) is 11.6 Å². The zero-order chi connectivity index (χ0) is 23.7. The standard InChI is InChI=1S/C29H24N2O3/c1-18-6-10-20(11-7-18)30-24-14-15-25(31-21-12-8-19(9-13-21)16-17-32)27-26(24)28(33)22-4-2-3-5-23(22)29(27)34/h2-15,30-32H,16-17H2,1H3. The first-order valence-corrected chi connectivity index (χ1v) is 11.2. The van der Waals surface area contributed by atoms with Gasteiger partial charge in [-0.25, -0.2) is 0 Å². The molecule has 34 heavy (non-hydrogen) atoms. The highest BCUT2D eigenvalue weighted by molar-refractivity contribution is 6.32. The Hall–Kier alpha value is -4.22. The van der Waals surface area contributed by atoms with Gasteiger partial charge >= 0.3 is 0 Å². The fourth-order valence-corrected chi connectivity index (χ4v) is 4.26. The Morgan fingerprint density at radius 2 is 1.12 bits per heavy atom. The van der Waals surface area contributed by atoms with Crippen molar-refractivity contribution in [2.24, 2.45) is 0 Å².